The van der Waals surface area contributed by atoms with Crippen LogP contribution in [-0.2, 0) is 16.5 Å². The van der Waals surface area contributed by atoms with Crippen LogP contribution in [0, 0.1) is 18.3 Å². The molecular formula is C2H2NNi. The Morgan fingerprint density at radius 3 is 1.75 bits per heavy atom. The molecule has 1 radical (unpaired) electrons. The summed E-state index contributed by atoms with van der Waals surface area (Å²) >= 11 is 0. The zero-order valence-corrected chi connectivity index (χ0v) is 2.96. The van der Waals surface area contributed by atoms with E-state index in [1.54, 1.807) is 0 Å². The first-order valence-corrected chi connectivity index (χ1v) is 0.577. The van der Waals surface area contributed by atoms with Crippen LogP contribution in [0.2, 0.25) is 0 Å². The number of hydrogen-bond donors (Lipinski definition) is 0. The summed E-state index contributed by atoms with van der Waals surface area (Å²) in [6.45, 7) is 2.79. The summed E-state index contributed by atoms with van der Waals surface area (Å²) in [7, 11) is 0. The van der Waals surface area contributed by atoms with Crippen molar-refractivity contribution >= 4 is 0 Å². The van der Waals surface area contributed by atoms with Gasteiger partial charge in [-0.25, -0.2) is 0 Å². The van der Waals surface area contributed by atoms with Gasteiger partial charge in [-0.2, -0.15) is 5.26 Å². The molecule has 0 aliphatic carbocycles. The third kappa shape index (κ3) is 7050. The van der Waals surface area contributed by atoms with Gasteiger partial charge in [-0.1, -0.05) is 0 Å². The molecule has 0 bridgehead atoms. The molecule has 0 unspecified atom stereocenters. The van der Waals surface area contributed by atoms with Crippen molar-refractivity contribution in [3.8, 4) is 6.07 Å². The summed E-state index contributed by atoms with van der Waals surface area (Å²) in [5.74, 6) is 0. The molecule has 0 saturated heterocycles. The van der Waals surface area contributed by atoms with Crippen LogP contribution in [0.5, 0.6) is 0 Å². The average molecular weight is 98.7 g/mol. The van der Waals surface area contributed by atoms with E-state index in [0.717, 1.165) is 0 Å². The first kappa shape index (κ1) is 9.01. The molecule has 0 heterocycles. The van der Waals surface area contributed by atoms with Gasteiger partial charge in [0, 0.05) is 23.4 Å². The van der Waals surface area contributed by atoms with E-state index in [1.165, 1.54) is 6.07 Å². The van der Waals surface area contributed by atoms with Crippen LogP contribution in [0.1, 0.15) is 0 Å². The van der Waals surface area contributed by atoms with Crippen LogP contribution in [0.4, 0.5) is 0 Å². The SMILES string of the molecule is [CH2]C#N.[Ni]. The first-order chi connectivity index (χ1) is 1.41. The topological polar surface area (TPSA) is 23.8 Å². The van der Waals surface area contributed by atoms with Gasteiger partial charge >= 0.3 is 0 Å². The summed E-state index contributed by atoms with van der Waals surface area (Å²) in [5, 5.41) is 7.21. The van der Waals surface area contributed by atoms with Gasteiger partial charge in [0.1, 0.15) is 0 Å². The van der Waals surface area contributed by atoms with Crippen LogP contribution >= 0.6 is 0 Å². The Balaban J connectivity index is 0. The van der Waals surface area contributed by atoms with Crippen molar-refractivity contribution in [2.75, 3.05) is 0 Å². The second-order valence-electron chi connectivity index (χ2n) is 0.158. The largest absolute Gasteiger partial charge is 0.198 e. The first-order valence-electron chi connectivity index (χ1n) is 0.577. The molecule has 0 fully saturated rings. The predicted octanol–water partition coefficient (Wildman–Crippen LogP) is 0.342. The number of nitrogens with zero attached hydrogens (tertiary/aromatic N) is 1. The van der Waals surface area contributed by atoms with E-state index in [-0.39, 0.29) is 16.5 Å². The van der Waals surface area contributed by atoms with Crippen molar-refractivity contribution in [2.45, 2.75) is 0 Å². The van der Waals surface area contributed by atoms with Crippen LogP contribution < -0.4 is 0 Å². The van der Waals surface area contributed by atoms with Crippen molar-refractivity contribution < 1.29 is 16.5 Å². The maximum Gasteiger partial charge on any atom is 0.0632 e. The molecule has 25 valence electrons. The molecule has 2 heteroatoms. The molecule has 0 aliphatic heterocycles. The van der Waals surface area contributed by atoms with E-state index in [0.29, 0.717) is 0 Å². The van der Waals surface area contributed by atoms with Gasteiger partial charge < -0.3 is 0 Å². The van der Waals surface area contributed by atoms with Crippen LogP contribution in [0.25, 0.3) is 0 Å². The van der Waals surface area contributed by atoms with E-state index in [4.69, 9.17) is 5.26 Å². The van der Waals surface area contributed by atoms with Crippen LogP contribution in [0.3, 0.4) is 0 Å². The molecule has 0 amide bonds. The molecule has 0 aromatic carbocycles. The Kier molecular flexibility index (Phi) is 27.3. The summed E-state index contributed by atoms with van der Waals surface area (Å²) < 4.78 is 0. The van der Waals surface area contributed by atoms with Gasteiger partial charge in [0.05, 0.1) is 6.07 Å². The van der Waals surface area contributed by atoms with E-state index < -0.39 is 0 Å². The van der Waals surface area contributed by atoms with Crippen LogP contribution in [-0.4, -0.2) is 0 Å². The molecule has 1 nitrogen and oxygen atoms in total. The third-order valence-corrected chi connectivity index (χ3v) is 0. The summed E-state index contributed by atoms with van der Waals surface area (Å²) in [6, 6.07) is 1.50. The molecule has 0 N–H and O–H groups in total. The van der Waals surface area contributed by atoms with E-state index >= 15 is 0 Å². The number of rotatable bonds is 0. The third-order valence-electron chi connectivity index (χ3n) is 0. The van der Waals surface area contributed by atoms with Crippen molar-refractivity contribution in [1.29, 1.82) is 5.26 Å². The fourth-order valence-electron chi connectivity index (χ4n) is 0. The summed E-state index contributed by atoms with van der Waals surface area (Å²) in [5.41, 5.74) is 0. The van der Waals surface area contributed by atoms with E-state index in [9.17, 15) is 0 Å². The normalized spacial score (nSPS) is 2.00. The standard InChI is InChI=1S/C2H2N.Ni/c1-2-3;/h1H2;. The zero-order chi connectivity index (χ0) is 2.71. The minimum absolute atomic E-state index is 0. The number of hydrogen-bond acceptors (Lipinski definition) is 1. The van der Waals surface area contributed by atoms with Crippen molar-refractivity contribution in [3.63, 3.8) is 0 Å². The summed E-state index contributed by atoms with van der Waals surface area (Å²) in [6.07, 6.45) is 0. The van der Waals surface area contributed by atoms with Gasteiger partial charge in [0.15, 0.2) is 0 Å². The maximum absolute atomic E-state index is 7.21. The Morgan fingerprint density at radius 2 is 1.75 bits per heavy atom. The Morgan fingerprint density at radius 1 is 1.75 bits per heavy atom. The Labute approximate surface area is 35.5 Å². The van der Waals surface area contributed by atoms with E-state index in [2.05, 4.69) is 6.92 Å². The molecular weight excluding hydrogens is 96.7 g/mol. The molecule has 0 aromatic rings. The molecule has 0 rings (SSSR count). The number of nitriles is 1. The van der Waals surface area contributed by atoms with Gasteiger partial charge in [-0.15, -0.1) is 0 Å². The van der Waals surface area contributed by atoms with Crippen molar-refractivity contribution in [3.05, 3.63) is 6.92 Å². The van der Waals surface area contributed by atoms with E-state index in [1.807, 2.05) is 0 Å². The second kappa shape index (κ2) is 12.1. The molecule has 0 saturated carbocycles. The predicted molar refractivity (Wildman–Crippen MR) is 11.0 cm³/mol. The van der Waals surface area contributed by atoms with Gasteiger partial charge in [0.25, 0.3) is 0 Å². The molecule has 0 aliphatic rings. The summed E-state index contributed by atoms with van der Waals surface area (Å²) in [4.78, 5) is 0. The van der Waals surface area contributed by atoms with Crippen LogP contribution in [0.15, 0.2) is 0 Å². The average Bonchev–Trinajstić information content (AvgIpc) is 0.918. The second-order valence-corrected chi connectivity index (χ2v) is 0.158. The Hall–Kier alpha value is -0.0165. The molecule has 0 aromatic heterocycles. The van der Waals surface area contributed by atoms with Gasteiger partial charge in [-0.05, 0) is 0 Å². The fraction of sp³-hybridized carbons (Fsp3) is 0. The monoisotopic (exact) mass is 98.0 g/mol. The molecule has 0 spiro atoms. The van der Waals surface area contributed by atoms with Crippen molar-refractivity contribution in [2.24, 2.45) is 0 Å². The maximum atomic E-state index is 7.21. The minimum atomic E-state index is 0. The van der Waals surface area contributed by atoms with Gasteiger partial charge in [0.2, 0.25) is 0 Å². The molecule has 4 heavy (non-hydrogen) atoms. The van der Waals surface area contributed by atoms with Gasteiger partial charge in [-0.3, -0.25) is 0 Å². The quantitative estimate of drug-likeness (QED) is 0.401. The zero-order valence-electron chi connectivity index (χ0n) is 1.97. The molecule has 0 atom stereocenters. The smallest absolute Gasteiger partial charge is 0.0632 e. The fourth-order valence-corrected chi connectivity index (χ4v) is 0. The van der Waals surface area contributed by atoms with Crippen molar-refractivity contribution in [1.82, 2.24) is 0 Å². The minimum Gasteiger partial charge on any atom is -0.198 e. The Bertz CT molecular complexity index is 27.5.